The van der Waals surface area contributed by atoms with E-state index in [1.807, 2.05) is 0 Å². The van der Waals surface area contributed by atoms with Gasteiger partial charge in [0.15, 0.2) is 0 Å². The molecule has 0 aromatic heterocycles. The molecule has 0 saturated carbocycles. The minimum Gasteiger partial charge on any atom is -0.404 e. The van der Waals surface area contributed by atoms with Crippen LogP contribution in [0.1, 0.15) is 11.1 Å². The average molecular weight is 414 g/mol. The van der Waals surface area contributed by atoms with Gasteiger partial charge in [-0.25, -0.2) is 13.7 Å². The topological polar surface area (TPSA) is 160 Å². The minimum atomic E-state index is -5.57. The SMILES string of the molecule is C=CCc1cccc(OP(=O)(O)OP(=O)(O)OP(=O)(O)O)c1CC=C. The predicted octanol–water partition coefficient (Wildman–Crippen LogP) is 2.85. The summed E-state index contributed by atoms with van der Waals surface area (Å²) in [5.74, 6) is -0.138. The number of phosphoric ester groups is 1. The summed E-state index contributed by atoms with van der Waals surface area (Å²) in [7, 11) is -16.3. The Kier molecular flexibility index (Phi) is 7.53. The quantitative estimate of drug-likeness (QED) is 0.331. The molecule has 25 heavy (non-hydrogen) atoms. The summed E-state index contributed by atoms with van der Waals surface area (Å²) < 4.78 is 46.0. The standard InChI is InChI=1S/C12H17O10P3/c1-3-6-10-8-5-9-12(11(10)7-4-2)20-24(16,17)22-25(18,19)21-23(13,14)15/h3-5,8-9H,1-2,6-7H2,(H,16,17)(H,18,19)(H2,13,14,15). The number of allylic oxidation sites excluding steroid dienone is 2. The van der Waals surface area contributed by atoms with Crippen LogP contribution in [-0.4, -0.2) is 19.6 Å². The molecule has 0 amide bonds. The molecule has 140 valence electrons. The Bertz CT molecular complexity index is 783. The van der Waals surface area contributed by atoms with Crippen LogP contribution in [-0.2, 0) is 35.2 Å². The van der Waals surface area contributed by atoms with Crippen molar-refractivity contribution in [3.63, 3.8) is 0 Å². The summed E-state index contributed by atoms with van der Waals surface area (Å²) in [6.07, 6.45) is 3.76. The van der Waals surface area contributed by atoms with E-state index in [9.17, 15) is 18.6 Å². The molecule has 2 unspecified atom stereocenters. The fourth-order valence-corrected chi connectivity index (χ4v) is 4.90. The molecule has 0 fully saturated rings. The van der Waals surface area contributed by atoms with Gasteiger partial charge in [-0.2, -0.15) is 8.62 Å². The third kappa shape index (κ3) is 7.79. The van der Waals surface area contributed by atoms with Gasteiger partial charge in [0.05, 0.1) is 0 Å². The Morgan fingerprint density at radius 2 is 1.52 bits per heavy atom. The van der Waals surface area contributed by atoms with Gasteiger partial charge in [0.25, 0.3) is 0 Å². The van der Waals surface area contributed by atoms with Gasteiger partial charge in [0, 0.05) is 5.56 Å². The van der Waals surface area contributed by atoms with E-state index in [-0.39, 0.29) is 12.2 Å². The van der Waals surface area contributed by atoms with Crippen LogP contribution in [0.4, 0.5) is 0 Å². The molecule has 0 aliphatic heterocycles. The van der Waals surface area contributed by atoms with E-state index in [4.69, 9.17) is 19.2 Å². The first-order chi connectivity index (χ1) is 11.4. The molecule has 10 nitrogen and oxygen atoms in total. The second-order valence-corrected chi connectivity index (χ2v) is 8.91. The van der Waals surface area contributed by atoms with Gasteiger partial charge in [0.2, 0.25) is 0 Å². The normalized spacial score (nSPS) is 16.5. The van der Waals surface area contributed by atoms with Crippen LogP contribution in [0.2, 0.25) is 0 Å². The molecule has 0 aliphatic rings. The van der Waals surface area contributed by atoms with Gasteiger partial charge in [-0.1, -0.05) is 24.3 Å². The van der Waals surface area contributed by atoms with Gasteiger partial charge in [-0.15, -0.1) is 13.2 Å². The molecule has 0 heterocycles. The molecule has 4 N–H and O–H groups in total. The molecule has 1 aromatic rings. The van der Waals surface area contributed by atoms with Crippen LogP contribution in [0.15, 0.2) is 43.5 Å². The molecule has 1 aromatic carbocycles. The molecule has 13 heteroatoms. The average Bonchev–Trinajstić information content (AvgIpc) is 2.38. The third-order valence-corrected chi connectivity index (χ3v) is 6.33. The Labute approximate surface area is 143 Å². The lowest BCUT2D eigenvalue weighted by molar-refractivity contribution is 0.206. The highest BCUT2D eigenvalue weighted by Gasteiger charge is 2.41. The lowest BCUT2D eigenvalue weighted by atomic mass is 10.0. The Morgan fingerprint density at radius 3 is 2.04 bits per heavy atom. The molecule has 0 radical (unpaired) electrons. The summed E-state index contributed by atoms with van der Waals surface area (Å²) in [6, 6.07) is 4.53. The van der Waals surface area contributed by atoms with Gasteiger partial charge in [0.1, 0.15) is 5.75 Å². The van der Waals surface area contributed by atoms with Crippen LogP contribution >= 0.6 is 23.5 Å². The third-order valence-electron chi connectivity index (χ3n) is 2.57. The molecule has 0 spiro atoms. The maximum Gasteiger partial charge on any atom is 0.536 e. The van der Waals surface area contributed by atoms with Crippen molar-refractivity contribution in [1.82, 2.24) is 0 Å². The fourth-order valence-electron chi connectivity index (χ4n) is 1.84. The largest absolute Gasteiger partial charge is 0.536 e. The lowest BCUT2D eigenvalue weighted by Crippen LogP contribution is -2.02. The Morgan fingerprint density at radius 1 is 0.920 bits per heavy atom. The molecular formula is C12H17O10P3. The zero-order valence-corrected chi connectivity index (χ0v) is 15.5. The second kappa shape index (κ2) is 8.56. The Hall–Kier alpha value is -1.05. The van der Waals surface area contributed by atoms with Crippen LogP contribution < -0.4 is 4.52 Å². The number of phosphoric acid groups is 3. The maximum atomic E-state index is 11.9. The van der Waals surface area contributed by atoms with E-state index < -0.39 is 23.5 Å². The lowest BCUT2D eigenvalue weighted by Gasteiger charge is -2.19. The van der Waals surface area contributed by atoms with Crippen molar-refractivity contribution in [2.45, 2.75) is 12.8 Å². The highest BCUT2D eigenvalue weighted by Crippen LogP contribution is 2.66. The second-order valence-electron chi connectivity index (χ2n) is 4.56. The Balaban J connectivity index is 3.11. The van der Waals surface area contributed by atoms with E-state index in [0.717, 1.165) is 0 Å². The summed E-state index contributed by atoms with van der Waals surface area (Å²) in [6.45, 7) is 7.15. The van der Waals surface area contributed by atoms with Crippen LogP contribution in [0, 0.1) is 0 Å². The van der Waals surface area contributed by atoms with Crippen molar-refractivity contribution >= 4 is 23.5 Å². The fraction of sp³-hybridized carbons (Fsp3) is 0.167. The summed E-state index contributed by atoms with van der Waals surface area (Å²) in [5, 5.41) is 0. The van der Waals surface area contributed by atoms with E-state index in [0.29, 0.717) is 17.5 Å². The van der Waals surface area contributed by atoms with Crippen molar-refractivity contribution in [3.8, 4) is 5.75 Å². The van der Waals surface area contributed by atoms with Crippen LogP contribution in [0.5, 0.6) is 5.75 Å². The first-order valence-corrected chi connectivity index (χ1v) is 11.1. The first kappa shape index (κ1) is 22.0. The zero-order chi connectivity index (χ0) is 19.3. The monoisotopic (exact) mass is 414 g/mol. The van der Waals surface area contributed by atoms with Gasteiger partial charge >= 0.3 is 23.5 Å². The number of hydrogen-bond acceptors (Lipinski definition) is 6. The zero-order valence-electron chi connectivity index (χ0n) is 12.8. The molecule has 0 aliphatic carbocycles. The van der Waals surface area contributed by atoms with Gasteiger partial charge < -0.3 is 19.2 Å². The van der Waals surface area contributed by atoms with Crippen molar-refractivity contribution < 1.29 is 46.4 Å². The van der Waals surface area contributed by atoms with Crippen molar-refractivity contribution in [1.29, 1.82) is 0 Å². The molecule has 0 saturated heterocycles. The van der Waals surface area contributed by atoms with E-state index in [1.165, 1.54) is 18.2 Å². The molecule has 2 atom stereocenters. The van der Waals surface area contributed by atoms with Crippen molar-refractivity contribution in [2.75, 3.05) is 0 Å². The predicted molar refractivity (Wildman–Crippen MR) is 88.7 cm³/mol. The maximum absolute atomic E-state index is 11.9. The van der Waals surface area contributed by atoms with Crippen molar-refractivity contribution in [3.05, 3.63) is 54.6 Å². The van der Waals surface area contributed by atoms with E-state index in [1.54, 1.807) is 12.1 Å². The highest BCUT2D eigenvalue weighted by molar-refractivity contribution is 7.66. The summed E-state index contributed by atoms with van der Waals surface area (Å²) in [5.41, 5.74) is 1.16. The highest BCUT2D eigenvalue weighted by atomic mass is 31.3. The first-order valence-electron chi connectivity index (χ1n) is 6.55. The van der Waals surface area contributed by atoms with Gasteiger partial charge in [-0.3, -0.25) is 4.89 Å². The molecular weight excluding hydrogens is 397 g/mol. The van der Waals surface area contributed by atoms with Crippen molar-refractivity contribution in [2.24, 2.45) is 0 Å². The smallest absolute Gasteiger partial charge is 0.404 e. The van der Waals surface area contributed by atoms with E-state index >= 15 is 0 Å². The number of rotatable bonds is 10. The minimum absolute atomic E-state index is 0.138. The van der Waals surface area contributed by atoms with Crippen LogP contribution in [0.3, 0.4) is 0 Å². The molecule has 1 rings (SSSR count). The van der Waals surface area contributed by atoms with E-state index in [2.05, 4.69) is 21.8 Å². The summed E-state index contributed by atoms with van der Waals surface area (Å²) in [4.78, 5) is 35.8. The molecule has 0 bridgehead atoms. The summed E-state index contributed by atoms with van der Waals surface area (Å²) >= 11 is 0. The number of hydrogen-bond donors (Lipinski definition) is 4. The van der Waals surface area contributed by atoms with Crippen LogP contribution in [0.25, 0.3) is 0 Å². The van der Waals surface area contributed by atoms with Gasteiger partial charge in [-0.05, 0) is 24.5 Å². The number of benzene rings is 1.